The van der Waals surface area contributed by atoms with Gasteiger partial charge in [-0.2, -0.15) is 0 Å². The van der Waals surface area contributed by atoms with Crippen LogP contribution in [-0.4, -0.2) is 42.3 Å². The van der Waals surface area contributed by atoms with E-state index in [1.807, 2.05) is 20.8 Å². The Bertz CT molecular complexity index is 226. The van der Waals surface area contributed by atoms with Gasteiger partial charge in [0, 0.05) is 24.2 Å². The van der Waals surface area contributed by atoms with E-state index in [2.05, 4.69) is 26.1 Å². The van der Waals surface area contributed by atoms with Crippen molar-refractivity contribution in [1.82, 2.24) is 10.2 Å². The van der Waals surface area contributed by atoms with Crippen molar-refractivity contribution in [3.05, 3.63) is 0 Å². The number of nitrogens with one attached hydrogen (secondary N) is 1. The molecule has 0 spiro atoms. The summed E-state index contributed by atoms with van der Waals surface area (Å²) in [6.45, 7) is 13.7. The molecular weight excluding hydrogens is 204 g/mol. The van der Waals surface area contributed by atoms with Crippen LogP contribution < -0.4 is 5.32 Å². The molecule has 0 aliphatic rings. The standard InChI is InChI=1S/C12H26N2O2/c1-11(2,3)13-8-9-14(10(15)16-7)12(4,5)6/h13H,8-9H2,1-7H3. The van der Waals surface area contributed by atoms with Crippen LogP contribution in [-0.2, 0) is 4.74 Å². The van der Waals surface area contributed by atoms with E-state index in [4.69, 9.17) is 4.74 Å². The number of ether oxygens (including phenoxy) is 1. The molecule has 0 aliphatic carbocycles. The van der Waals surface area contributed by atoms with Crippen LogP contribution in [0.25, 0.3) is 0 Å². The Balaban J connectivity index is 4.31. The first-order valence-corrected chi connectivity index (χ1v) is 5.68. The molecule has 0 aromatic rings. The number of methoxy groups -OCH3 is 1. The summed E-state index contributed by atoms with van der Waals surface area (Å²) in [4.78, 5) is 13.3. The fraction of sp³-hybridized carbons (Fsp3) is 0.917. The van der Waals surface area contributed by atoms with E-state index in [1.165, 1.54) is 7.11 Å². The maximum Gasteiger partial charge on any atom is 0.409 e. The molecule has 0 bridgehead atoms. The van der Waals surface area contributed by atoms with E-state index in [9.17, 15) is 4.79 Å². The summed E-state index contributed by atoms with van der Waals surface area (Å²) < 4.78 is 4.78. The fourth-order valence-corrected chi connectivity index (χ4v) is 1.35. The van der Waals surface area contributed by atoms with Gasteiger partial charge in [0.05, 0.1) is 7.11 Å². The summed E-state index contributed by atoms with van der Waals surface area (Å²) in [6, 6.07) is 0. The van der Waals surface area contributed by atoms with Crippen molar-refractivity contribution in [3.8, 4) is 0 Å². The molecule has 0 aromatic heterocycles. The first kappa shape index (κ1) is 15.2. The molecule has 0 rings (SSSR count). The zero-order chi connectivity index (χ0) is 13.0. The monoisotopic (exact) mass is 230 g/mol. The van der Waals surface area contributed by atoms with E-state index in [1.54, 1.807) is 4.90 Å². The maximum atomic E-state index is 11.6. The van der Waals surface area contributed by atoms with Crippen LogP contribution in [0.1, 0.15) is 41.5 Å². The van der Waals surface area contributed by atoms with Gasteiger partial charge in [-0.15, -0.1) is 0 Å². The molecule has 1 amide bonds. The Morgan fingerprint density at radius 1 is 1.19 bits per heavy atom. The van der Waals surface area contributed by atoms with Crippen molar-refractivity contribution in [2.24, 2.45) is 0 Å². The molecule has 0 atom stereocenters. The van der Waals surface area contributed by atoms with E-state index >= 15 is 0 Å². The third kappa shape index (κ3) is 5.95. The predicted octanol–water partition coefficient (Wildman–Crippen LogP) is 2.24. The first-order valence-electron chi connectivity index (χ1n) is 5.68. The number of hydrogen-bond acceptors (Lipinski definition) is 3. The molecule has 4 nitrogen and oxygen atoms in total. The van der Waals surface area contributed by atoms with Gasteiger partial charge in [0.15, 0.2) is 0 Å². The van der Waals surface area contributed by atoms with Gasteiger partial charge in [-0.3, -0.25) is 0 Å². The number of rotatable bonds is 3. The van der Waals surface area contributed by atoms with E-state index in [0.717, 1.165) is 6.54 Å². The topological polar surface area (TPSA) is 41.6 Å². The molecule has 0 fully saturated rings. The van der Waals surface area contributed by atoms with E-state index in [-0.39, 0.29) is 17.2 Å². The minimum absolute atomic E-state index is 0.0691. The zero-order valence-corrected chi connectivity index (χ0v) is 11.7. The van der Waals surface area contributed by atoms with Crippen molar-refractivity contribution in [3.63, 3.8) is 0 Å². The summed E-state index contributed by atoms with van der Waals surface area (Å²) in [7, 11) is 1.41. The van der Waals surface area contributed by atoms with Gasteiger partial charge in [0.2, 0.25) is 0 Å². The van der Waals surface area contributed by atoms with Crippen molar-refractivity contribution >= 4 is 6.09 Å². The largest absolute Gasteiger partial charge is 0.453 e. The minimum Gasteiger partial charge on any atom is -0.453 e. The molecule has 0 aliphatic heterocycles. The lowest BCUT2D eigenvalue weighted by Gasteiger charge is -2.35. The Hall–Kier alpha value is -0.770. The van der Waals surface area contributed by atoms with Crippen LogP contribution in [0, 0.1) is 0 Å². The molecule has 16 heavy (non-hydrogen) atoms. The van der Waals surface area contributed by atoms with Gasteiger partial charge >= 0.3 is 6.09 Å². The lowest BCUT2D eigenvalue weighted by atomic mass is 10.1. The van der Waals surface area contributed by atoms with Crippen LogP contribution in [0.15, 0.2) is 0 Å². The maximum absolute atomic E-state index is 11.6. The highest BCUT2D eigenvalue weighted by Gasteiger charge is 2.26. The van der Waals surface area contributed by atoms with Crippen LogP contribution >= 0.6 is 0 Å². The van der Waals surface area contributed by atoms with Crippen molar-refractivity contribution in [2.45, 2.75) is 52.6 Å². The summed E-state index contributed by atoms with van der Waals surface area (Å²) in [5, 5.41) is 3.35. The van der Waals surface area contributed by atoms with Gasteiger partial charge < -0.3 is 15.0 Å². The zero-order valence-electron chi connectivity index (χ0n) is 11.7. The van der Waals surface area contributed by atoms with Gasteiger partial charge in [-0.25, -0.2) is 4.79 Å². The number of hydrogen-bond donors (Lipinski definition) is 1. The second kappa shape index (κ2) is 5.53. The van der Waals surface area contributed by atoms with Gasteiger partial charge in [0.1, 0.15) is 0 Å². The van der Waals surface area contributed by atoms with Crippen LogP contribution in [0.3, 0.4) is 0 Å². The highest BCUT2D eigenvalue weighted by molar-refractivity contribution is 5.68. The lowest BCUT2D eigenvalue weighted by Crippen LogP contribution is -2.50. The Labute approximate surface area is 99.3 Å². The summed E-state index contributed by atoms with van der Waals surface area (Å²) >= 11 is 0. The third-order valence-electron chi connectivity index (χ3n) is 2.20. The number of carbonyl (C=O) groups excluding carboxylic acids is 1. The number of nitrogens with zero attached hydrogens (tertiary/aromatic N) is 1. The molecule has 96 valence electrons. The molecular formula is C12H26N2O2. The highest BCUT2D eigenvalue weighted by atomic mass is 16.5. The summed E-state index contributed by atoms with van der Waals surface area (Å²) in [5.74, 6) is 0. The number of carbonyl (C=O) groups is 1. The number of amides is 1. The van der Waals surface area contributed by atoms with Gasteiger partial charge in [-0.1, -0.05) is 0 Å². The smallest absolute Gasteiger partial charge is 0.409 e. The van der Waals surface area contributed by atoms with Crippen molar-refractivity contribution in [2.75, 3.05) is 20.2 Å². The SMILES string of the molecule is COC(=O)N(CCNC(C)(C)C)C(C)(C)C. The fourth-order valence-electron chi connectivity index (χ4n) is 1.35. The average molecular weight is 230 g/mol. The summed E-state index contributed by atoms with van der Waals surface area (Å²) in [6.07, 6.45) is -0.275. The van der Waals surface area contributed by atoms with Crippen molar-refractivity contribution < 1.29 is 9.53 Å². The average Bonchev–Trinajstić information content (AvgIpc) is 2.07. The van der Waals surface area contributed by atoms with E-state index < -0.39 is 0 Å². The molecule has 0 aromatic carbocycles. The van der Waals surface area contributed by atoms with Crippen LogP contribution in [0.2, 0.25) is 0 Å². The molecule has 4 heteroatoms. The molecule has 0 unspecified atom stereocenters. The molecule has 0 saturated heterocycles. The second-order valence-electron chi connectivity index (χ2n) is 5.97. The van der Waals surface area contributed by atoms with Gasteiger partial charge in [0.25, 0.3) is 0 Å². The quantitative estimate of drug-likeness (QED) is 0.808. The van der Waals surface area contributed by atoms with Crippen molar-refractivity contribution in [1.29, 1.82) is 0 Å². The molecule has 1 N–H and O–H groups in total. The van der Waals surface area contributed by atoms with Gasteiger partial charge in [-0.05, 0) is 41.5 Å². The van der Waals surface area contributed by atoms with E-state index in [0.29, 0.717) is 6.54 Å². The Morgan fingerprint density at radius 2 is 1.69 bits per heavy atom. The highest BCUT2D eigenvalue weighted by Crippen LogP contribution is 2.13. The first-order chi connectivity index (χ1) is 7.08. The third-order valence-corrected chi connectivity index (χ3v) is 2.20. The Kier molecular flexibility index (Phi) is 5.26. The van der Waals surface area contributed by atoms with Crippen LogP contribution in [0.4, 0.5) is 4.79 Å². The lowest BCUT2D eigenvalue weighted by molar-refractivity contribution is 0.0830. The Morgan fingerprint density at radius 3 is 2.00 bits per heavy atom. The van der Waals surface area contributed by atoms with Crippen LogP contribution in [0.5, 0.6) is 0 Å². The molecule has 0 radical (unpaired) electrons. The molecule has 0 saturated carbocycles. The minimum atomic E-state index is -0.275. The summed E-state index contributed by atoms with van der Waals surface area (Å²) in [5.41, 5.74) is -0.146. The second-order valence-corrected chi connectivity index (χ2v) is 5.97. The normalized spacial score (nSPS) is 12.4. The predicted molar refractivity (Wildman–Crippen MR) is 66.6 cm³/mol. The molecule has 0 heterocycles.